The fourth-order valence-corrected chi connectivity index (χ4v) is 3.80. The van der Waals surface area contributed by atoms with Crippen LogP contribution >= 0.6 is 0 Å². The number of hydrogen-bond donors (Lipinski definition) is 1. The fraction of sp³-hybridized carbons (Fsp3) is 0.300. The number of hydrogen-bond acceptors (Lipinski definition) is 3. The van der Waals surface area contributed by atoms with Crippen LogP contribution in [0.2, 0.25) is 0 Å². The molecule has 1 saturated heterocycles. The monoisotopic (exact) mass is 337 g/mol. The van der Waals surface area contributed by atoms with Crippen molar-refractivity contribution < 1.29 is 19.4 Å². The molecule has 0 bridgehead atoms. The summed E-state index contributed by atoms with van der Waals surface area (Å²) in [4.78, 5) is 26.2. The van der Waals surface area contributed by atoms with Gasteiger partial charge in [-0.3, -0.25) is 9.59 Å². The van der Waals surface area contributed by atoms with E-state index in [4.69, 9.17) is 4.74 Å². The van der Waals surface area contributed by atoms with E-state index in [-0.39, 0.29) is 18.4 Å². The molecule has 2 aromatic carbocycles. The zero-order valence-corrected chi connectivity index (χ0v) is 13.7. The standard InChI is InChI=1S/C20H19NO4/c22-19(18-10-14-8-4-5-9-17(14)25-18)21-11-15(16(12-21)20(23)24)13-6-2-1-3-7-13/h1-9,15-16,18H,10-12H2,(H,23,24). The predicted octanol–water partition coefficient (Wildman–Crippen LogP) is 2.32. The van der Waals surface area contributed by atoms with E-state index in [1.807, 2.05) is 54.6 Å². The van der Waals surface area contributed by atoms with Crippen LogP contribution in [0.4, 0.5) is 0 Å². The second kappa shape index (κ2) is 6.24. The molecular weight excluding hydrogens is 318 g/mol. The molecule has 0 aliphatic carbocycles. The van der Waals surface area contributed by atoms with Crippen molar-refractivity contribution in [3.63, 3.8) is 0 Å². The smallest absolute Gasteiger partial charge is 0.308 e. The van der Waals surface area contributed by atoms with Crippen LogP contribution in [0.1, 0.15) is 17.0 Å². The van der Waals surface area contributed by atoms with E-state index in [1.165, 1.54) is 0 Å². The molecular formula is C20H19NO4. The van der Waals surface area contributed by atoms with Crippen LogP contribution < -0.4 is 4.74 Å². The fourth-order valence-electron chi connectivity index (χ4n) is 3.80. The molecule has 5 heteroatoms. The van der Waals surface area contributed by atoms with E-state index < -0.39 is 18.0 Å². The Labute approximate surface area is 145 Å². The number of likely N-dealkylation sites (tertiary alicyclic amines) is 1. The van der Waals surface area contributed by atoms with Gasteiger partial charge < -0.3 is 14.7 Å². The molecule has 2 aromatic rings. The molecule has 25 heavy (non-hydrogen) atoms. The van der Waals surface area contributed by atoms with E-state index in [2.05, 4.69) is 0 Å². The second-order valence-electron chi connectivity index (χ2n) is 6.62. The SMILES string of the molecule is O=C(O)C1CN(C(=O)C2Cc3ccccc3O2)CC1c1ccccc1. The molecule has 3 atom stereocenters. The molecule has 0 spiro atoms. The number of carbonyl (C=O) groups excluding carboxylic acids is 1. The van der Waals surface area contributed by atoms with Gasteiger partial charge in [0.25, 0.3) is 5.91 Å². The van der Waals surface area contributed by atoms with E-state index in [9.17, 15) is 14.7 Å². The number of rotatable bonds is 3. The van der Waals surface area contributed by atoms with Gasteiger partial charge in [0.15, 0.2) is 6.10 Å². The van der Waals surface area contributed by atoms with Crippen LogP contribution in [0.15, 0.2) is 54.6 Å². The van der Waals surface area contributed by atoms with Crippen molar-refractivity contribution in [2.45, 2.75) is 18.4 Å². The highest BCUT2D eigenvalue weighted by atomic mass is 16.5. The highest BCUT2D eigenvalue weighted by Crippen LogP contribution is 2.35. The van der Waals surface area contributed by atoms with E-state index in [0.717, 1.165) is 16.9 Å². The maximum absolute atomic E-state index is 12.9. The van der Waals surface area contributed by atoms with Gasteiger partial charge in [-0.15, -0.1) is 0 Å². The number of carboxylic acid groups (broad SMARTS) is 1. The zero-order chi connectivity index (χ0) is 17.4. The average Bonchev–Trinajstić information content (AvgIpc) is 3.26. The third-order valence-electron chi connectivity index (χ3n) is 5.10. The summed E-state index contributed by atoms with van der Waals surface area (Å²) in [6, 6.07) is 17.2. The summed E-state index contributed by atoms with van der Waals surface area (Å²) in [5, 5.41) is 9.58. The Bertz CT molecular complexity index is 779. The average molecular weight is 337 g/mol. The number of amides is 1. The molecule has 2 aliphatic heterocycles. The van der Waals surface area contributed by atoms with Gasteiger partial charge in [0.2, 0.25) is 0 Å². The summed E-state index contributed by atoms with van der Waals surface area (Å²) in [6.07, 6.45) is -0.0134. The van der Waals surface area contributed by atoms with Crippen molar-refractivity contribution in [3.05, 3.63) is 65.7 Å². The van der Waals surface area contributed by atoms with Crippen molar-refractivity contribution >= 4 is 11.9 Å². The molecule has 0 aromatic heterocycles. The Balaban J connectivity index is 1.52. The van der Waals surface area contributed by atoms with Crippen molar-refractivity contribution in [3.8, 4) is 5.75 Å². The zero-order valence-electron chi connectivity index (χ0n) is 13.7. The summed E-state index contributed by atoms with van der Waals surface area (Å²) in [5.74, 6) is -1.02. The van der Waals surface area contributed by atoms with Crippen LogP contribution in [0.3, 0.4) is 0 Å². The van der Waals surface area contributed by atoms with Gasteiger partial charge in [-0.2, -0.15) is 0 Å². The number of nitrogens with zero attached hydrogens (tertiary/aromatic N) is 1. The van der Waals surface area contributed by atoms with Crippen LogP contribution in [-0.4, -0.2) is 41.1 Å². The minimum absolute atomic E-state index is 0.124. The first-order chi connectivity index (χ1) is 12.1. The van der Waals surface area contributed by atoms with E-state index in [0.29, 0.717) is 13.0 Å². The topological polar surface area (TPSA) is 66.8 Å². The first-order valence-corrected chi connectivity index (χ1v) is 8.44. The van der Waals surface area contributed by atoms with Crippen LogP contribution in [0.5, 0.6) is 5.75 Å². The molecule has 0 saturated carbocycles. The molecule has 4 rings (SSSR count). The maximum Gasteiger partial charge on any atom is 0.308 e. The van der Waals surface area contributed by atoms with Gasteiger partial charge in [-0.05, 0) is 17.2 Å². The molecule has 1 fully saturated rings. The van der Waals surface area contributed by atoms with Gasteiger partial charge in [0, 0.05) is 25.4 Å². The maximum atomic E-state index is 12.9. The number of ether oxygens (including phenoxy) is 1. The first kappa shape index (κ1) is 15.7. The molecule has 128 valence electrons. The van der Waals surface area contributed by atoms with Crippen LogP contribution in [-0.2, 0) is 16.0 Å². The summed E-state index contributed by atoms with van der Waals surface area (Å²) < 4.78 is 5.78. The van der Waals surface area contributed by atoms with E-state index in [1.54, 1.807) is 4.90 Å². The lowest BCUT2D eigenvalue weighted by molar-refractivity contribution is -0.142. The summed E-state index contributed by atoms with van der Waals surface area (Å²) in [5.41, 5.74) is 1.98. The molecule has 1 N–H and O–H groups in total. The first-order valence-electron chi connectivity index (χ1n) is 8.44. The van der Waals surface area contributed by atoms with Crippen LogP contribution in [0, 0.1) is 5.92 Å². The summed E-state index contributed by atoms with van der Waals surface area (Å²) in [6.45, 7) is 0.639. The summed E-state index contributed by atoms with van der Waals surface area (Å²) in [7, 11) is 0. The summed E-state index contributed by atoms with van der Waals surface area (Å²) >= 11 is 0. The predicted molar refractivity (Wildman–Crippen MR) is 91.5 cm³/mol. The Hall–Kier alpha value is -2.82. The Morgan fingerprint density at radius 3 is 2.44 bits per heavy atom. The number of para-hydroxylation sites is 1. The molecule has 3 unspecified atom stereocenters. The highest BCUT2D eigenvalue weighted by molar-refractivity contribution is 5.84. The highest BCUT2D eigenvalue weighted by Gasteiger charge is 2.43. The number of carbonyl (C=O) groups is 2. The van der Waals surface area contributed by atoms with Gasteiger partial charge in [-0.1, -0.05) is 48.5 Å². The van der Waals surface area contributed by atoms with Crippen LogP contribution in [0.25, 0.3) is 0 Å². The van der Waals surface area contributed by atoms with Gasteiger partial charge >= 0.3 is 5.97 Å². The minimum Gasteiger partial charge on any atom is -0.481 e. The number of aliphatic carboxylic acids is 1. The van der Waals surface area contributed by atoms with Crippen molar-refractivity contribution in [2.75, 3.05) is 13.1 Å². The van der Waals surface area contributed by atoms with Crippen molar-refractivity contribution in [1.82, 2.24) is 4.90 Å². The normalized spacial score (nSPS) is 24.6. The quantitative estimate of drug-likeness (QED) is 0.933. The molecule has 1 amide bonds. The Morgan fingerprint density at radius 2 is 1.72 bits per heavy atom. The lowest BCUT2D eigenvalue weighted by atomic mass is 9.89. The lowest BCUT2D eigenvalue weighted by Crippen LogP contribution is -2.40. The number of carboxylic acids is 1. The van der Waals surface area contributed by atoms with Crippen molar-refractivity contribution in [2.24, 2.45) is 5.92 Å². The molecule has 2 aliphatic rings. The van der Waals surface area contributed by atoms with Gasteiger partial charge in [-0.25, -0.2) is 0 Å². The third-order valence-corrected chi connectivity index (χ3v) is 5.10. The van der Waals surface area contributed by atoms with Gasteiger partial charge in [0.05, 0.1) is 5.92 Å². The molecule has 0 radical (unpaired) electrons. The Morgan fingerprint density at radius 1 is 1.00 bits per heavy atom. The lowest BCUT2D eigenvalue weighted by Gasteiger charge is -2.20. The van der Waals surface area contributed by atoms with E-state index >= 15 is 0 Å². The third kappa shape index (κ3) is 2.86. The molecule has 2 heterocycles. The number of benzene rings is 2. The largest absolute Gasteiger partial charge is 0.481 e. The van der Waals surface area contributed by atoms with Crippen molar-refractivity contribution in [1.29, 1.82) is 0 Å². The van der Waals surface area contributed by atoms with Gasteiger partial charge in [0.1, 0.15) is 5.75 Å². The number of fused-ring (bicyclic) bond motifs is 1. The second-order valence-corrected chi connectivity index (χ2v) is 6.62. The Kier molecular flexibility index (Phi) is 3.92. The molecule has 5 nitrogen and oxygen atoms in total. The minimum atomic E-state index is -0.861.